The molecule has 2 bridgehead atoms. The first-order chi connectivity index (χ1) is 8.33. The van der Waals surface area contributed by atoms with Crippen molar-refractivity contribution in [1.82, 2.24) is 10.2 Å². The van der Waals surface area contributed by atoms with E-state index in [9.17, 15) is 4.79 Å². The molecule has 4 heteroatoms. The quantitative estimate of drug-likeness (QED) is 0.835. The summed E-state index contributed by atoms with van der Waals surface area (Å²) in [6.45, 7) is 2.02. The fourth-order valence-corrected chi connectivity index (χ4v) is 2.43. The van der Waals surface area contributed by atoms with Gasteiger partial charge in [0.15, 0.2) is 0 Å². The first-order valence-corrected chi connectivity index (χ1v) is 6.00. The molecule has 2 aliphatic rings. The second kappa shape index (κ2) is 4.47. The predicted octanol–water partition coefficient (Wildman–Crippen LogP) is 0.733. The third-order valence-electron chi connectivity index (χ3n) is 3.39. The Morgan fingerprint density at radius 1 is 1.35 bits per heavy atom. The third kappa shape index (κ3) is 2.18. The van der Waals surface area contributed by atoms with Crippen LogP contribution < -0.4 is 5.32 Å². The summed E-state index contributed by atoms with van der Waals surface area (Å²) < 4.78 is 5.73. The molecule has 2 aliphatic heterocycles. The average molecular weight is 232 g/mol. The maximum atomic E-state index is 12.0. The predicted molar refractivity (Wildman–Crippen MR) is 63.1 cm³/mol. The van der Waals surface area contributed by atoms with Gasteiger partial charge in [0.05, 0.1) is 13.3 Å². The van der Waals surface area contributed by atoms with Crippen LogP contribution in [0.4, 0.5) is 0 Å². The molecule has 1 N–H and O–H groups in total. The van der Waals surface area contributed by atoms with Crippen LogP contribution in [-0.4, -0.2) is 36.2 Å². The van der Waals surface area contributed by atoms with Crippen LogP contribution >= 0.6 is 0 Å². The van der Waals surface area contributed by atoms with Gasteiger partial charge in [0, 0.05) is 12.6 Å². The monoisotopic (exact) mass is 232 g/mol. The molecule has 1 aromatic rings. The average Bonchev–Trinajstić information content (AvgIpc) is 2.78. The lowest BCUT2D eigenvalue weighted by atomic mass is 10.1. The molecule has 0 aromatic heterocycles. The molecule has 2 heterocycles. The van der Waals surface area contributed by atoms with Crippen LogP contribution in [0.3, 0.4) is 0 Å². The minimum atomic E-state index is -0.274. The minimum Gasteiger partial charge on any atom is -0.364 e. The van der Waals surface area contributed by atoms with Crippen LogP contribution in [0, 0.1) is 0 Å². The lowest BCUT2D eigenvalue weighted by Crippen LogP contribution is -2.45. The van der Waals surface area contributed by atoms with E-state index >= 15 is 0 Å². The molecular formula is C13H16N2O2. The fourth-order valence-electron chi connectivity index (χ4n) is 2.43. The van der Waals surface area contributed by atoms with Crippen LogP contribution in [0.2, 0.25) is 0 Å². The number of piperidine rings is 1. The van der Waals surface area contributed by atoms with Crippen molar-refractivity contribution < 1.29 is 9.53 Å². The molecule has 0 radical (unpaired) electrons. The number of ether oxygens (including phenoxy) is 1. The van der Waals surface area contributed by atoms with Crippen molar-refractivity contribution in [3.8, 4) is 0 Å². The topological polar surface area (TPSA) is 41.6 Å². The molecule has 2 atom stereocenters. The maximum absolute atomic E-state index is 12.0. The molecule has 1 amide bonds. The number of nitrogens with zero attached hydrogens (tertiary/aromatic N) is 1. The van der Waals surface area contributed by atoms with E-state index in [-0.39, 0.29) is 12.0 Å². The molecular weight excluding hydrogens is 216 g/mol. The Morgan fingerprint density at radius 2 is 2.18 bits per heavy atom. The Balaban J connectivity index is 1.60. The number of benzene rings is 1. The Kier molecular flexibility index (Phi) is 2.82. The zero-order valence-corrected chi connectivity index (χ0v) is 9.63. The second-order valence-corrected chi connectivity index (χ2v) is 4.64. The fraction of sp³-hybridized carbons (Fsp3) is 0.462. The number of rotatable bonds is 3. The molecule has 0 saturated carbocycles. The molecule has 17 heavy (non-hydrogen) atoms. The van der Waals surface area contributed by atoms with Gasteiger partial charge in [0.1, 0.15) is 6.10 Å². The molecule has 0 spiro atoms. The van der Waals surface area contributed by atoms with Crippen LogP contribution in [0.5, 0.6) is 0 Å². The number of hydrogen-bond donors (Lipinski definition) is 1. The summed E-state index contributed by atoms with van der Waals surface area (Å²) in [5.74, 6) is 0.127. The van der Waals surface area contributed by atoms with E-state index in [4.69, 9.17) is 4.74 Å². The van der Waals surface area contributed by atoms with Gasteiger partial charge in [-0.25, -0.2) is 0 Å². The van der Waals surface area contributed by atoms with E-state index in [0.29, 0.717) is 19.3 Å². The van der Waals surface area contributed by atoms with Crippen molar-refractivity contribution >= 4 is 5.91 Å². The summed E-state index contributed by atoms with van der Waals surface area (Å²) in [7, 11) is 0. The summed E-state index contributed by atoms with van der Waals surface area (Å²) in [5.41, 5.74) is 1.11. The highest BCUT2D eigenvalue weighted by atomic mass is 16.5. The van der Waals surface area contributed by atoms with E-state index in [1.54, 1.807) is 0 Å². The molecule has 3 rings (SSSR count). The highest BCUT2D eigenvalue weighted by molar-refractivity contribution is 5.82. The van der Waals surface area contributed by atoms with E-state index in [0.717, 1.165) is 18.5 Å². The number of nitrogens with one attached hydrogen (secondary N) is 1. The Labute approximate surface area is 101 Å². The van der Waals surface area contributed by atoms with Gasteiger partial charge in [-0.2, -0.15) is 0 Å². The Bertz CT molecular complexity index is 407. The second-order valence-electron chi connectivity index (χ2n) is 4.64. The van der Waals surface area contributed by atoms with Crippen molar-refractivity contribution in [1.29, 1.82) is 0 Å². The third-order valence-corrected chi connectivity index (χ3v) is 3.39. The van der Waals surface area contributed by atoms with Crippen LogP contribution in [-0.2, 0) is 16.1 Å². The first-order valence-electron chi connectivity index (χ1n) is 6.00. The van der Waals surface area contributed by atoms with Gasteiger partial charge >= 0.3 is 0 Å². The zero-order chi connectivity index (χ0) is 11.7. The number of carbonyl (C=O) groups excluding carboxylic acids is 1. The minimum absolute atomic E-state index is 0.127. The van der Waals surface area contributed by atoms with E-state index < -0.39 is 0 Å². The normalized spacial score (nSPS) is 27.5. The van der Waals surface area contributed by atoms with Gasteiger partial charge in [0.25, 0.3) is 5.91 Å². The SMILES string of the molecule is O=C1[C@@H](OCc2ccccc2)C[C@@H]2CN1CN2. The van der Waals surface area contributed by atoms with Crippen molar-refractivity contribution in [2.75, 3.05) is 13.2 Å². The molecule has 0 unspecified atom stereocenters. The van der Waals surface area contributed by atoms with E-state index in [1.165, 1.54) is 0 Å². The van der Waals surface area contributed by atoms with Crippen LogP contribution in [0.1, 0.15) is 12.0 Å². The number of hydrogen-bond acceptors (Lipinski definition) is 3. The zero-order valence-electron chi connectivity index (χ0n) is 9.63. The number of carbonyl (C=O) groups is 1. The summed E-state index contributed by atoms with van der Waals surface area (Å²) in [5, 5.41) is 3.30. The van der Waals surface area contributed by atoms with Crippen molar-refractivity contribution in [2.24, 2.45) is 0 Å². The van der Waals surface area contributed by atoms with Crippen molar-refractivity contribution in [3.63, 3.8) is 0 Å². The largest absolute Gasteiger partial charge is 0.364 e. The smallest absolute Gasteiger partial charge is 0.252 e. The standard InChI is InChI=1S/C13H16N2O2/c16-13-12(6-11-7-15(13)9-14-11)17-8-10-4-2-1-3-5-10/h1-5,11-12,14H,6-9H2/t11-,12+/m1/s1. The maximum Gasteiger partial charge on any atom is 0.252 e. The van der Waals surface area contributed by atoms with Gasteiger partial charge in [-0.3, -0.25) is 10.1 Å². The van der Waals surface area contributed by atoms with Gasteiger partial charge < -0.3 is 9.64 Å². The first kappa shape index (κ1) is 10.7. The van der Waals surface area contributed by atoms with Crippen molar-refractivity contribution in [3.05, 3.63) is 35.9 Å². The molecule has 90 valence electrons. The Morgan fingerprint density at radius 3 is 3.00 bits per heavy atom. The lowest BCUT2D eigenvalue weighted by Gasteiger charge is -2.28. The van der Waals surface area contributed by atoms with E-state index in [2.05, 4.69) is 5.32 Å². The highest BCUT2D eigenvalue weighted by Gasteiger charge is 2.38. The summed E-state index contributed by atoms with van der Waals surface area (Å²) >= 11 is 0. The van der Waals surface area contributed by atoms with Gasteiger partial charge in [0.2, 0.25) is 0 Å². The summed E-state index contributed by atoms with van der Waals surface area (Å²) in [4.78, 5) is 13.8. The number of amides is 1. The molecule has 0 aliphatic carbocycles. The Hall–Kier alpha value is -1.39. The molecule has 4 nitrogen and oxygen atoms in total. The van der Waals surface area contributed by atoms with Gasteiger partial charge in [-0.05, 0) is 12.0 Å². The van der Waals surface area contributed by atoms with Crippen LogP contribution in [0.25, 0.3) is 0 Å². The van der Waals surface area contributed by atoms with Crippen molar-refractivity contribution in [2.45, 2.75) is 25.2 Å². The number of fused-ring (bicyclic) bond motifs is 2. The van der Waals surface area contributed by atoms with Crippen LogP contribution in [0.15, 0.2) is 30.3 Å². The van der Waals surface area contributed by atoms with Gasteiger partial charge in [-0.15, -0.1) is 0 Å². The highest BCUT2D eigenvalue weighted by Crippen LogP contribution is 2.20. The lowest BCUT2D eigenvalue weighted by molar-refractivity contribution is -0.146. The summed E-state index contributed by atoms with van der Waals surface area (Å²) in [6, 6.07) is 10.4. The molecule has 1 aromatic carbocycles. The van der Waals surface area contributed by atoms with E-state index in [1.807, 2.05) is 35.2 Å². The van der Waals surface area contributed by atoms with Gasteiger partial charge in [-0.1, -0.05) is 30.3 Å². The summed E-state index contributed by atoms with van der Waals surface area (Å²) in [6.07, 6.45) is 0.520. The molecule has 2 fully saturated rings. The molecule has 2 saturated heterocycles.